The normalized spacial score (nSPS) is 15.1. The molecular weight excluding hydrogens is 378 g/mol. The van der Waals surface area contributed by atoms with Crippen LogP contribution in [-0.4, -0.2) is 52.6 Å². The molecule has 0 spiro atoms. The summed E-state index contributed by atoms with van der Waals surface area (Å²) in [5, 5.41) is 9.30. The maximum Gasteiger partial charge on any atom is 0.243 e. The predicted molar refractivity (Wildman–Crippen MR) is 106 cm³/mol. The first-order valence-electron chi connectivity index (χ1n) is 9.06. The molecule has 1 saturated heterocycles. The molecular formula is C20H23N3O4S. The SMILES string of the molecule is CCOc1ccc(S(=O)(=O)N2CCN(c3ccccc3OC)CC2)cc1C#N. The third-order valence-corrected chi connectivity index (χ3v) is 6.57. The van der Waals surface area contributed by atoms with Gasteiger partial charge < -0.3 is 14.4 Å². The van der Waals surface area contributed by atoms with Gasteiger partial charge in [-0.3, -0.25) is 0 Å². The third-order valence-electron chi connectivity index (χ3n) is 4.67. The zero-order chi connectivity index (χ0) is 20.1. The molecule has 0 saturated carbocycles. The van der Waals surface area contributed by atoms with Crippen molar-refractivity contribution in [2.75, 3.05) is 44.8 Å². The summed E-state index contributed by atoms with van der Waals surface area (Å²) in [6, 6.07) is 14.1. The number of sulfonamides is 1. The van der Waals surface area contributed by atoms with Crippen LogP contribution in [0.3, 0.4) is 0 Å². The van der Waals surface area contributed by atoms with Gasteiger partial charge in [0.05, 0.1) is 29.9 Å². The lowest BCUT2D eigenvalue weighted by molar-refractivity contribution is 0.339. The van der Waals surface area contributed by atoms with Crippen LogP contribution in [0.15, 0.2) is 47.4 Å². The highest BCUT2D eigenvalue weighted by atomic mass is 32.2. The molecule has 28 heavy (non-hydrogen) atoms. The number of rotatable bonds is 6. The van der Waals surface area contributed by atoms with E-state index in [1.807, 2.05) is 37.3 Å². The fraction of sp³-hybridized carbons (Fsp3) is 0.350. The van der Waals surface area contributed by atoms with Crippen LogP contribution in [0.25, 0.3) is 0 Å². The van der Waals surface area contributed by atoms with Crippen LogP contribution in [0, 0.1) is 11.3 Å². The van der Waals surface area contributed by atoms with Gasteiger partial charge in [0.1, 0.15) is 17.6 Å². The molecule has 0 amide bonds. The fourth-order valence-corrected chi connectivity index (χ4v) is 4.70. The largest absolute Gasteiger partial charge is 0.495 e. The molecule has 0 N–H and O–H groups in total. The second-order valence-electron chi connectivity index (χ2n) is 6.27. The van der Waals surface area contributed by atoms with E-state index in [2.05, 4.69) is 4.90 Å². The van der Waals surface area contributed by atoms with Gasteiger partial charge in [-0.15, -0.1) is 0 Å². The topological polar surface area (TPSA) is 82.9 Å². The number of piperazine rings is 1. The fourth-order valence-electron chi connectivity index (χ4n) is 3.25. The van der Waals surface area contributed by atoms with Crippen LogP contribution in [0.2, 0.25) is 0 Å². The van der Waals surface area contributed by atoms with Crippen molar-refractivity contribution < 1.29 is 17.9 Å². The first-order chi connectivity index (χ1) is 13.5. The van der Waals surface area contributed by atoms with E-state index in [4.69, 9.17) is 9.47 Å². The van der Waals surface area contributed by atoms with Crippen LogP contribution in [0.5, 0.6) is 11.5 Å². The van der Waals surface area contributed by atoms with Gasteiger partial charge in [0.2, 0.25) is 10.0 Å². The zero-order valence-electron chi connectivity index (χ0n) is 16.0. The third kappa shape index (κ3) is 3.91. The van der Waals surface area contributed by atoms with Gasteiger partial charge in [-0.25, -0.2) is 8.42 Å². The van der Waals surface area contributed by atoms with E-state index in [1.54, 1.807) is 13.2 Å². The highest BCUT2D eigenvalue weighted by Crippen LogP contribution is 2.30. The average molecular weight is 401 g/mol. The van der Waals surface area contributed by atoms with Crippen molar-refractivity contribution in [2.24, 2.45) is 0 Å². The van der Waals surface area contributed by atoms with Crippen LogP contribution in [-0.2, 0) is 10.0 Å². The molecule has 0 bridgehead atoms. The van der Waals surface area contributed by atoms with Gasteiger partial charge in [0.15, 0.2) is 0 Å². The Balaban J connectivity index is 1.77. The highest BCUT2D eigenvalue weighted by molar-refractivity contribution is 7.89. The van der Waals surface area contributed by atoms with Crippen molar-refractivity contribution >= 4 is 15.7 Å². The summed E-state index contributed by atoms with van der Waals surface area (Å²) >= 11 is 0. The summed E-state index contributed by atoms with van der Waals surface area (Å²) in [5.41, 5.74) is 1.17. The second kappa shape index (κ2) is 8.50. The Hall–Kier alpha value is -2.76. The van der Waals surface area contributed by atoms with Crippen molar-refractivity contribution in [1.29, 1.82) is 5.26 Å². The molecule has 1 aliphatic rings. The van der Waals surface area contributed by atoms with Crippen molar-refractivity contribution in [2.45, 2.75) is 11.8 Å². The van der Waals surface area contributed by atoms with Crippen LogP contribution < -0.4 is 14.4 Å². The Labute approximate surface area is 165 Å². The number of ether oxygens (including phenoxy) is 2. The molecule has 1 fully saturated rings. The Morgan fingerprint density at radius 2 is 1.79 bits per heavy atom. The smallest absolute Gasteiger partial charge is 0.243 e. The lowest BCUT2D eigenvalue weighted by atomic mass is 10.2. The summed E-state index contributed by atoms with van der Waals surface area (Å²) in [5.74, 6) is 1.16. The van der Waals surface area contributed by atoms with Gasteiger partial charge >= 0.3 is 0 Å². The Morgan fingerprint density at radius 3 is 2.43 bits per heavy atom. The molecule has 0 aliphatic carbocycles. The number of methoxy groups -OCH3 is 1. The highest BCUT2D eigenvalue weighted by Gasteiger charge is 2.30. The predicted octanol–water partition coefficient (Wildman–Crippen LogP) is 2.48. The standard InChI is InChI=1S/C20H23N3O4S/c1-3-27-19-9-8-17(14-16(19)15-21)28(24,25)23-12-10-22(11-13-23)18-6-4-5-7-20(18)26-2/h4-9,14H,3,10-13H2,1-2H3. The second-order valence-corrected chi connectivity index (χ2v) is 8.20. The minimum Gasteiger partial charge on any atom is -0.495 e. The Kier molecular flexibility index (Phi) is 6.07. The van der Waals surface area contributed by atoms with Crippen molar-refractivity contribution in [3.63, 3.8) is 0 Å². The minimum atomic E-state index is -3.68. The van der Waals surface area contributed by atoms with E-state index in [9.17, 15) is 13.7 Å². The van der Waals surface area contributed by atoms with E-state index < -0.39 is 10.0 Å². The monoisotopic (exact) mass is 401 g/mol. The molecule has 3 rings (SSSR count). The molecule has 8 heteroatoms. The van der Waals surface area contributed by atoms with E-state index in [1.165, 1.54) is 16.4 Å². The van der Waals surface area contributed by atoms with Crippen LogP contribution in [0.4, 0.5) is 5.69 Å². The zero-order valence-corrected chi connectivity index (χ0v) is 16.8. The summed E-state index contributed by atoms with van der Waals surface area (Å²) in [6.45, 7) is 4.05. The lowest BCUT2D eigenvalue weighted by Crippen LogP contribution is -2.48. The molecule has 0 unspecified atom stereocenters. The number of nitrogens with zero attached hydrogens (tertiary/aromatic N) is 3. The maximum atomic E-state index is 13.0. The molecule has 1 aliphatic heterocycles. The van der Waals surface area contributed by atoms with E-state index in [0.717, 1.165) is 11.4 Å². The molecule has 1 heterocycles. The van der Waals surface area contributed by atoms with Crippen molar-refractivity contribution in [3.8, 4) is 17.6 Å². The number of benzene rings is 2. The number of hydrogen-bond acceptors (Lipinski definition) is 6. The van der Waals surface area contributed by atoms with Gasteiger partial charge in [0.25, 0.3) is 0 Å². The van der Waals surface area contributed by atoms with Gasteiger partial charge in [-0.05, 0) is 37.3 Å². The minimum absolute atomic E-state index is 0.109. The first-order valence-corrected chi connectivity index (χ1v) is 10.5. The first kappa shape index (κ1) is 20.0. The Bertz CT molecular complexity index is 977. The number of anilines is 1. The number of nitriles is 1. The van der Waals surface area contributed by atoms with E-state index >= 15 is 0 Å². The van der Waals surface area contributed by atoms with Crippen LogP contribution in [0.1, 0.15) is 12.5 Å². The summed E-state index contributed by atoms with van der Waals surface area (Å²) < 4.78 is 38.3. The molecule has 0 radical (unpaired) electrons. The van der Waals surface area contributed by atoms with Crippen molar-refractivity contribution in [3.05, 3.63) is 48.0 Å². The molecule has 0 atom stereocenters. The van der Waals surface area contributed by atoms with E-state index in [-0.39, 0.29) is 10.5 Å². The molecule has 2 aromatic rings. The molecule has 2 aromatic carbocycles. The van der Waals surface area contributed by atoms with E-state index in [0.29, 0.717) is 38.5 Å². The summed E-state index contributed by atoms with van der Waals surface area (Å²) in [4.78, 5) is 2.22. The quantitative estimate of drug-likeness (QED) is 0.740. The summed E-state index contributed by atoms with van der Waals surface area (Å²) in [7, 11) is -2.06. The van der Waals surface area contributed by atoms with Crippen molar-refractivity contribution in [1.82, 2.24) is 4.31 Å². The number of hydrogen-bond donors (Lipinski definition) is 0. The lowest BCUT2D eigenvalue weighted by Gasteiger charge is -2.36. The molecule has 0 aromatic heterocycles. The van der Waals surface area contributed by atoms with Gasteiger partial charge in [-0.1, -0.05) is 12.1 Å². The molecule has 7 nitrogen and oxygen atoms in total. The average Bonchev–Trinajstić information content (AvgIpc) is 2.74. The van der Waals surface area contributed by atoms with Crippen LogP contribution >= 0.6 is 0 Å². The number of para-hydroxylation sites is 2. The van der Waals surface area contributed by atoms with Gasteiger partial charge in [-0.2, -0.15) is 9.57 Å². The molecule has 148 valence electrons. The summed E-state index contributed by atoms with van der Waals surface area (Å²) in [6.07, 6.45) is 0. The Morgan fingerprint density at radius 1 is 1.07 bits per heavy atom. The maximum absolute atomic E-state index is 13.0. The van der Waals surface area contributed by atoms with Gasteiger partial charge in [0, 0.05) is 26.2 Å².